The summed E-state index contributed by atoms with van der Waals surface area (Å²) >= 11 is 1.57. The highest BCUT2D eigenvalue weighted by atomic mass is 32.1. The molecule has 2 aliphatic heterocycles. The lowest BCUT2D eigenvalue weighted by molar-refractivity contribution is 0.439. The van der Waals surface area contributed by atoms with Gasteiger partial charge in [0.15, 0.2) is 0 Å². The van der Waals surface area contributed by atoms with Crippen LogP contribution in [0.25, 0.3) is 0 Å². The summed E-state index contributed by atoms with van der Waals surface area (Å²) in [5.41, 5.74) is -1.01. The van der Waals surface area contributed by atoms with Crippen LogP contribution in [0.1, 0.15) is 23.5 Å². The fourth-order valence-electron chi connectivity index (χ4n) is 3.38. The minimum Gasteiger partial charge on any atom is -0.316 e. The van der Waals surface area contributed by atoms with Gasteiger partial charge in [-0.25, -0.2) is 4.68 Å². The fraction of sp³-hybridized carbons (Fsp3) is 0.500. The number of thiophene rings is 1. The average Bonchev–Trinajstić information content (AvgIpc) is 3.20. The summed E-state index contributed by atoms with van der Waals surface area (Å²) in [7, 11) is 0. The van der Waals surface area contributed by atoms with Crippen molar-refractivity contribution in [1.82, 2.24) is 19.7 Å². The van der Waals surface area contributed by atoms with Crippen molar-refractivity contribution in [2.45, 2.75) is 31.3 Å². The maximum absolute atomic E-state index is 12.3. The molecule has 0 aliphatic carbocycles. The number of nitrogens with zero attached hydrogens (tertiary/aromatic N) is 3. The fourth-order valence-corrected chi connectivity index (χ4v) is 4.06. The molecule has 1 unspecified atom stereocenters. The zero-order chi connectivity index (χ0) is 14.4. The molecule has 2 aromatic heterocycles. The highest BCUT2D eigenvalue weighted by Crippen LogP contribution is 2.37. The standard InChI is InChI=1S/C14H16N4O2S/c19-11-12(20)18(8-10-2-1-7-21-10)16-13-14(3-5-15-9-14)4-6-17(11)13/h1-2,7,15H,3-6,8-9H2. The Kier molecular flexibility index (Phi) is 2.87. The van der Waals surface area contributed by atoms with E-state index >= 15 is 0 Å². The van der Waals surface area contributed by atoms with Crippen LogP contribution in [0.3, 0.4) is 0 Å². The SMILES string of the molecule is O=c1c(=O)n2c(nn1Cc1cccs1)C1(CCNC1)CC2. The van der Waals surface area contributed by atoms with E-state index in [1.54, 1.807) is 15.9 Å². The van der Waals surface area contributed by atoms with E-state index < -0.39 is 11.1 Å². The quantitative estimate of drug-likeness (QED) is 0.802. The smallest absolute Gasteiger partial charge is 0.316 e. The van der Waals surface area contributed by atoms with Crippen molar-refractivity contribution < 1.29 is 0 Å². The van der Waals surface area contributed by atoms with Gasteiger partial charge >= 0.3 is 11.1 Å². The highest BCUT2D eigenvalue weighted by Gasteiger charge is 2.44. The van der Waals surface area contributed by atoms with Crippen LogP contribution < -0.4 is 16.4 Å². The van der Waals surface area contributed by atoms with Crippen molar-refractivity contribution in [3.05, 3.63) is 48.9 Å². The number of nitrogens with one attached hydrogen (secondary N) is 1. The Morgan fingerprint density at radius 2 is 2.24 bits per heavy atom. The van der Waals surface area contributed by atoms with Crippen LogP contribution in [-0.2, 0) is 18.5 Å². The molecule has 1 fully saturated rings. The van der Waals surface area contributed by atoms with Crippen molar-refractivity contribution >= 4 is 11.3 Å². The number of fused-ring (bicyclic) bond motifs is 2. The van der Waals surface area contributed by atoms with Crippen LogP contribution in [0, 0.1) is 0 Å². The molecule has 0 bridgehead atoms. The lowest BCUT2D eigenvalue weighted by atomic mass is 9.85. The van der Waals surface area contributed by atoms with Gasteiger partial charge in [0.2, 0.25) is 0 Å². The van der Waals surface area contributed by atoms with Gasteiger partial charge in [-0.05, 0) is 30.8 Å². The summed E-state index contributed by atoms with van der Waals surface area (Å²) in [5, 5.41) is 9.87. The average molecular weight is 304 g/mol. The largest absolute Gasteiger partial charge is 0.332 e. The monoisotopic (exact) mass is 304 g/mol. The van der Waals surface area contributed by atoms with Crippen molar-refractivity contribution in [3.8, 4) is 0 Å². The van der Waals surface area contributed by atoms with E-state index in [1.165, 1.54) is 4.68 Å². The molecule has 6 nitrogen and oxygen atoms in total. The topological polar surface area (TPSA) is 68.9 Å². The summed E-state index contributed by atoms with van der Waals surface area (Å²) in [4.78, 5) is 25.6. The molecule has 0 saturated carbocycles. The Labute approximate surface area is 125 Å². The van der Waals surface area contributed by atoms with E-state index in [0.29, 0.717) is 13.1 Å². The predicted molar refractivity (Wildman–Crippen MR) is 80.0 cm³/mol. The van der Waals surface area contributed by atoms with Crippen molar-refractivity contribution in [2.75, 3.05) is 13.1 Å². The van der Waals surface area contributed by atoms with Gasteiger partial charge in [0, 0.05) is 23.4 Å². The first kappa shape index (κ1) is 13.0. The molecule has 7 heteroatoms. The van der Waals surface area contributed by atoms with Gasteiger partial charge in [-0.15, -0.1) is 11.3 Å². The van der Waals surface area contributed by atoms with Crippen molar-refractivity contribution in [3.63, 3.8) is 0 Å². The summed E-state index contributed by atoms with van der Waals surface area (Å²) in [6, 6.07) is 3.89. The van der Waals surface area contributed by atoms with Gasteiger partial charge in [0.05, 0.1) is 6.54 Å². The van der Waals surface area contributed by atoms with Gasteiger partial charge in [0.25, 0.3) is 0 Å². The van der Waals surface area contributed by atoms with Crippen molar-refractivity contribution in [2.24, 2.45) is 0 Å². The zero-order valence-corrected chi connectivity index (χ0v) is 12.4. The molecule has 0 radical (unpaired) electrons. The van der Waals surface area contributed by atoms with Gasteiger partial charge in [-0.1, -0.05) is 6.07 Å². The Bertz CT molecular complexity index is 784. The molecule has 110 valence electrons. The maximum Gasteiger partial charge on any atom is 0.332 e. The lowest BCUT2D eigenvalue weighted by Crippen LogP contribution is -2.45. The Morgan fingerprint density at radius 3 is 2.95 bits per heavy atom. The molecule has 1 saturated heterocycles. The van der Waals surface area contributed by atoms with E-state index in [0.717, 1.165) is 36.6 Å². The third kappa shape index (κ3) is 1.91. The van der Waals surface area contributed by atoms with E-state index in [-0.39, 0.29) is 5.41 Å². The molecule has 21 heavy (non-hydrogen) atoms. The zero-order valence-electron chi connectivity index (χ0n) is 11.5. The molecule has 4 rings (SSSR count). The maximum atomic E-state index is 12.3. The lowest BCUT2D eigenvalue weighted by Gasteiger charge is -2.21. The first-order valence-corrected chi connectivity index (χ1v) is 8.03. The summed E-state index contributed by atoms with van der Waals surface area (Å²) in [6.45, 7) is 2.78. The normalized spacial score (nSPS) is 23.8. The van der Waals surface area contributed by atoms with Gasteiger partial charge in [-0.2, -0.15) is 5.10 Å². The van der Waals surface area contributed by atoms with Crippen LogP contribution in [0.15, 0.2) is 27.1 Å². The van der Waals surface area contributed by atoms with E-state index in [1.807, 2.05) is 17.5 Å². The minimum atomic E-state index is -0.518. The molecule has 2 aromatic rings. The third-order valence-corrected chi connectivity index (χ3v) is 5.41. The van der Waals surface area contributed by atoms with E-state index in [9.17, 15) is 9.59 Å². The molecule has 1 N–H and O–H groups in total. The number of hydrogen-bond donors (Lipinski definition) is 1. The van der Waals surface area contributed by atoms with Gasteiger partial charge in [0.1, 0.15) is 5.82 Å². The summed E-state index contributed by atoms with van der Waals surface area (Å²) in [5.74, 6) is 0.786. The molecule has 1 spiro atoms. The van der Waals surface area contributed by atoms with Crippen LogP contribution >= 0.6 is 11.3 Å². The number of aromatic nitrogens is 3. The second-order valence-corrected chi connectivity index (χ2v) is 6.81. The molecule has 4 heterocycles. The Balaban J connectivity index is 1.85. The van der Waals surface area contributed by atoms with Crippen LogP contribution in [0.5, 0.6) is 0 Å². The molecule has 0 amide bonds. The molecule has 0 aromatic carbocycles. The van der Waals surface area contributed by atoms with Crippen molar-refractivity contribution in [1.29, 1.82) is 0 Å². The molecule has 1 atom stereocenters. The Hall–Kier alpha value is -1.73. The van der Waals surface area contributed by atoms with Gasteiger partial charge in [-0.3, -0.25) is 14.2 Å². The highest BCUT2D eigenvalue weighted by molar-refractivity contribution is 7.09. The third-order valence-electron chi connectivity index (χ3n) is 4.55. The summed E-state index contributed by atoms with van der Waals surface area (Å²) < 4.78 is 2.92. The summed E-state index contributed by atoms with van der Waals surface area (Å²) in [6.07, 6.45) is 1.88. The second-order valence-electron chi connectivity index (χ2n) is 5.78. The van der Waals surface area contributed by atoms with Crippen LogP contribution in [0.2, 0.25) is 0 Å². The Morgan fingerprint density at radius 1 is 1.33 bits per heavy atom. The molecule has 2 aliphatic rings. The predicted octanol–water partition coefficient (Wildman–Crippen LogP) is 0.150. The van der Waals surface area contributed by atoms with E-state index in [4.69, 9.17) is 0 Å². The molecular formula is C14H16N4O2S. The van der Waals surface area contributed by atoms with Crippen LogP contribution in [0.4, 0.5) is 0 Å². The van der Waals surface area contributed by atoms with Crippen LogP contribution in [-0.4, -0.2) is 27.4 Å². The first-order chi connectivity index (χ1) is 10.2. The number of hydrogen-bond acceptors (Lipinski definition) is 5. The first-order valence-electron chi connectivity index (χ1n) is 7.15. The number of rotatable bonds is 2. The minimum absolute atomic E-state index is 0.0654. The second kappa shape index (κ2) is 4.64. The van der Waals surface area contributed by atoms with Gasteiger partial charge < -0.3 is 5.32 Å². The van der Waals surface area contributed by atoms with E-state index in [2.05, 4.69) is 10.4 Å². The molecular weight excluding hydrogens is 288 g/mol.